The number of anilines is 1. The third-order valence-corrected chi connectivity index (χ3v) is 4.79. The third-order valence-electron chi connectivity index (χ3n) is 4.79. The molecule has 1 aliphatic rings. The Morgan fingerprint density at radius 2 is 1.93 bits per heavy atom. The number of rotatable bonds is 6. The van der Waals surface area contributed by atoms with E-state index in [1.165, 1.54) is 12.3 Å². The number of hydrogen-bond acceptors (Lipinski definition) is 4. The highest BCUT2D eigenvalue weighted by molar-refractivity contribution is 5.85. The largest absolute Gasteiger partial charge is 0.467 e. The number of pyridine rings is 1. The maximum atomic E-state index is 12.6. The van der Waals surface area contributed by atoms with Crippen molar-refractivity contribution in [2.45, 2.75) is 25.6 Å². The zero-order chi connectivity index (χ0) is 20.9. The molecular weight excluding hydrogens is 389 g/mol. The van der Waals surface area contributed by atoms with Crippen molar-refractivity contribution < 1.29 is 32.2 Å². The summed E-state index contributed by atoms with van der Waals surface area (Å²) in [5.41, 5.74) is -0.735. The Balaban J connectivity index is 1.40. The van der Waals surface area contributed by atoms with Crippen LogP contribution in [0.4, 0.5) is 19.0 Å². The maximum absolute atomic E-state index is 12.6. The summed E-state index contributed by atoms with van der Waals surface area (Å²) in [4.78, 5) is 28.6. The first kappa shape index (κ1) is 20.7. The molecule has 3 rings (SSSR count). The van der Waals surface area contributed by atoms with E-state index in [-0.39, 0.29) is 30.8 Å². The summed E-state index contributed by atoms with van der Waals surface area (Å²) in [6.07, 6.45) is -0.832. The number of furan rings is 1. The van der Waals surface area contributed by atoms with Gasteiger partial charge in [0.2, 0.25) is 11.8 Å². The van der Waals surface area contributed by atoms with Gasteiger partial charge >= 0.3 is 6.18 Å². The average molecular weight is 411 g/mol. The lowest BCUT2D eigenvalue weighted by Crippen LogP contribution is -2.44. The van der Waals surface area contributed by atoms with Crippen LogP contribution in [0.1, 0.15) is 24.2 Å². The molecule has 0 spiro atoms. The highest BCUT2D eigenvalue weighted by atomic mass is 19.4. The van der Waals surface area contributed by atoms with Crippen LogP contribution in [-0.2, 0) is 22.3 Å². The van der Waals surface area contributed by atoms with E-state index in [4.69, 9.17) is 4.42 Å². The number of nitrogens with one attached hydrogen (secondary N) is 3. The van der Waals surface area contributed by atoms with E-state index < -0.39 is 11.7 Å². The first-order chi connectivity index (χ1) is 13.8. The quantitative estimate of drug-likeness (QED) is 0.758. The lowest BCUT2D eigenvalue weighted by atomic mass is 9.96. The summed E-state index contributed by atoms with van der Waals surface area (Å²) in [5, 5.41) is 5.28. The van der Waals surface area contributed by atoms with E-state index in [0.29, 0.717) is 37.5 Å². The zero-order valence-electron chi connectivity index (χ0n) is 15.6. The van der Waals surface area contributed by atoms with E-state index in [1.54, 1.807) is 12.1 Å². The van der Waals surface area contributed by atoms with Crippen molar-refractivity contribution in [1.82, 2.24) is 10.6 Å². The molecule has 1 aliphatic heterocycles. The fourth-order valence-corrected chi connectivity index (χ4v) is 3.15. The van der Waals surface area contributed by atoms with Crippen LogP contribution in [0.5, 0.6) is 0 Å². The Hall–Kier alpha value is -3.04. The van der Waals surface area contributed by atoms with E-state index in [2.05, 4.69) is 15.6 Å². The van der Waals surface area contributed by atoms with E-state index >= 15 is 0 Å². The van der Waals surface area contributed by atoms with Crippen LogP contribution in [-0.4, -0.2) is 31.4 Å². The molecule has 3 heterocycles. The molecule has 156 valence electrons. The van der Waals surface area contributed by atoms with Gasteiger partial charge < -0.3 is 15.1 Å². The molecule has 0 radical (unpaired) electrons. The maximum Gasteiger partial charge on any atom is 0.419 e. The van der Waals surface area contributed by atoms with Gasteiger partial charge in [0.05, 0.1) is 38.0 Å². The number of H-pyrrole nitrogens is 1. The highest BCUT2D eigenvalue weighted by Crippen LogP contribution is 2.29. The molecule has 10 heteroatoms. The lowest BCUT2D eigenvalue weighted by Gasteiger charge is -2.27. The first-order valence-electron chi connectivity index (χ1n) is 9.23. The van der Waals surface area contributed by atoms with Gasteiger partial charge in [-0.3, -0.25) is 14.5 Å². The number of amides is 2. The molecule has 2 aromatic heterocycles. The Labute approximate surface area is 165 Å². The van der Waals surface area contributed by atoms with Crippen LogP contribution in [0.15, 0.2) is 41.1 Å². The molecular formula is C19H22F3N4O3+. The van der Waals surface area contributed by atoms with E-state index in [1.807, 2.05) is 4.90 Å². The minimum Gasteiger partial charge on any atom is -0.467 e. The smallest absolute Gasteiger partial charge is 0.419 e. The van der Waals surface area contributed by atoms with E-state index in [0.717, 1.165) is 12.3 Å². The van der Waals surface area contributed by atoms with Crippen molar-refractivity contribution >= 4 is 17.6 Å². The summed E-state index contributed by atoms with van der Waals surface area (Å²) in [7, 11) is 0. The van der Waals surface area contributed by atoms with Gasteiger partial charge in [-0.2, -0.15) is 13.2 Å². The van der Waals surface area contributed by atoms with Crippen molar-refractivity contribution in [1.29, 1.82) is 0 Å². The fourth-order valence-electron chi connectivity index (χ4n) is 3.15. The van der Waals surface area contributed by atoms with Gasteiger partial charge in [0.1, 0.15) is 12.0 Å². The molecule has 29 heavy (non-hydrogen) atoms. The Morgan fingerprint density at radius 3 is 2.52 bits per heavy atom. The molecule has 0 saturated carbocycles. The van der Waals surface area contributed by atoms with Gasteiger partial charge in [0, 0.05) is 12.0 Å². The fraction of sp³-hybridized carbons (Fsp3) is 0.421. The van der Waals surface area contributed by atoms with Crippen LogP contribution in [0.2, 0.25) is 0 Å². The second-order valence-corrected chi connectivity index (χ2v) is 6.80. The van der Waals surface area contributed by atoms with Crippen molar-refractivity contribution in [3.05, 3.63) is 48.0 Å². The summed E-state index contributed by atoms with van der Waals surface area (Å²) < 4.78 is 43.0. The van der Waals surface area contributed by atoms with Crippen molar-refractivity contribution in [2.75, 3.05) is 24.5 Å². The number of piperidine rings is 1. The number of aromatic nitrogens is 1. The van der Waals surface area contributed by atoms with Crippen molar-refractivity contribution in [3.8, 4) is 0 Å². The van der Waals surface area contributed by atoms with Crippen molar-refractivity contribution in [2.24, 2.45) is 5.92 Å². The number of carbonyl (C=O) groups excluding carboxylic acids is 2. The van der Waals surface area contributed by atoms with Crippen LogP contribution in [0.3, 0.4) is 0 Å². The lowest BCUT2D eigenvalue weighted by molar-refractivity contribution is -0.367. The number of halogens is 3. The second kappa shape index (κ2) is 8.97. The molecule has 0 bridgehead atoms. The normalized spacial score (nSPS) is 15.2. The predicted molar refractivity (Wildman–Crippen MR) is 96.5 cm³/mol. The molecule has 2 aromatic rings. The van der Waals surface area contributed by atoms with Crippen LogP contribution in [0.25, 0.3) is 0 Å². The zero-order valence-corrected chi connectivity index (χ0v) is 15.6. The average Bonchev–Trinajstić information content (AvgIpc) is 3.24. The molecule has 7 nitrogen and oxygen atoms in total. The summed E-state index contributed by atoms with van der Waals surface area (Å²) in [5.74, 6) is 0.450. The van der Waals surface area contributed by atoms with Gasteiger partial charge in [-0.1, -0.05) is 0 Å². The predicted octanol–water partition coefficient (Wildman–Crippen LogP) is 1.76. The minimum absolute atomic E-state index is 0.119. The molecule has 1 fully saturated rings. The Kier molecular flexibility index (Phi) is 6.40. The summed E-state index contributed by atoms with van der Waals surface area (Å²) in [6.45, 7) is 1.20. The molecule has 1 saturated heterocycles. The summed E-state index contributed by atoms with van der Waals surface area (Å²) >= 11 is 0. The van der Waals surface area contributed by atoms with Gasteiger partial charge in [-0.15, -0.1) is 0 Å². The Morgan fingerprint density at radius 1 is 1.17 bits per heavy atom. The minimum atomic E-state index is -4.38. The molecule has 2 amide bonds. The monoisotopic (exact) mass is 411 g/mol. The molecule has 0 atom stereocenters. The van der Waals surface area contributed by atoms with Gasteiger partial charge in [-0.25, -0.2) is 4.98 Å². The second-order valence-electron chi connectivity index (χ2n) is 6.80. The van der Waals surface area contributed by atoms with Crippen LogP contribution in [0, 0.1) is 5.92 Å². The molecule has 3 N–H and O–H groups in total. The number of aromatic amines is 1. The van der Waals surface area contributed by atoms with Gasteiger partial charge in [0.25, 0.3) is 5.82 Å². The summed E-state index contributed by atoms with van der Waals surface area (Å²) in [6, 6.07) is 5.89. The van der Waals surface area contributed by atoms with Gasteiger partial charge in [0.15, 0.2) is 0 Å². The third kappa shape index (κ3) is 5.72. The van der Waals surface area contributed by atoms with Crippen LogP contribution < -0.4 is 20.5 Å². The standard InChI is InChI=1S/C19H21F3N4O3/c20-19(21,22)14-3-4-16(23-10-14)26-7-5-13(6-8-26)18(28)25-12-17(27)24-11-15-2-1-9-29-15/h1-4,9-10,13H,5-8,11-12H2,(H,24,27)(H,25,28)/p+1. The number of nitrogens with zero attached hydrogens (tertiary/aromatic N) is 1. The van der Waals surface area contributed by atoms with E-state index in [9.17, 15) is 22.8 Å². The Bertz CT molecular complexity index is 814. The molecule has 0 aliphatic carbocycles. The number of hydrogen-bond donors (Lipinski definition) is 2. The highest BCUT2D eigenvalue weighted by Gasteiger charge is 2.33. The van der Waals surface area contributed by atoms with Crippen LogP contribution >= 0.6 is 0 Å². The van der Waals surface area contributed by atoms with Crippen molar-refractivity contribution in [3.63, 3.8) is 0 Å². The SMILES string of the molecule is O=C(CNC(=O)C1CCN(c2ccc(C(F)(F)F)c[nH+]2)CC1)NCc1ccco1. The molecule has 0 aromatic carbocycles. The topological polar surface area (TPSA) is 88.7 Å². The number of alkyl halides is 3. The molecule has 0 unspecified atom stereocenters. The first-order valence-corrected chi connectivity index (χ1v) is 9.23. The number of carbonyl (C=O) groups is 2. The van der Waals surface area contributed by atoms with Gasteiger partial charge in [-0.05, 0) is 31.0 Å².